The van der Waals surface area contributed by atoms with Gasteiger partial charge in [-0.05, 0) is 18.9 Å². The lowest BCUT2D eigenvalue weighted by Gasteiger charge is -2.26. The van der Waals surface area contributed by atoms with Crippen LogP contribution >= 0.6 is 0 Å². The molecule has 0 saturated heterocycles. The van der Waals surface area contributed by atoms with Gasteiger partial charge in [-0.1, -0.05) is 32.9 Å². The Bertz CT molecular complexity index is 353. The monoisotopic (exact) mass is 255 g/mol. The second-order valence-electron chi connectivity index (χ2n) is 5.63. The molecule has 0 bridgehead atoms. The molecule has 2 unspecified atom stereocenters. The smallest absolute Gasteiger partial charge is 0.228 e. The minimum Gasteiger partial charge on any atom is -0.373 e. The summed E-state index contributed by atoms with van der Waals surface area (Å²) in [6, 6.07) is 0.369. The number of hydrogen-bond acceptors (Lipinski definition) is 5. The van der Waals surface area contributed by atoms with Gasteiger partial charge in [-0.2, -0.15) is 4.98 Å². The van der Waals surface area contributed by atoms with Crippen molar-refractivity contribution in [1.29, 1.82) is 0 Å². The lowest BCUT2D eigenvalue weighted by molar-refractivity contribution is 0.00718. The van der Waals surface area contributed by atoms with E-state index < -0.39 is 0 Å². The van der Waals surface area contributed by atoms with Crippen LogP contribution in [0.1, 0.15) is 51.9 Å². The average molecular weight is 255 g/mol. The molecule has 0 spiro atoms. The molecule has 104 valence electrons. The summed E-state index contributed by atoms with van der Waals surface area (Å²) in [4.78, 5) is 4.44. The average Bonchev–Trinajstić information content (AvgIpc) is 2.73. The highest BCUT2D eigenvalue weighted by Gasteiger charge is 2.30. The van der Waals surface area contributed by atoms with Gasteiger partial charge in [0.25, 0.3) is 0 Å². The van der Waals surface area contributed by atoms with Crippen LogP contribution in [-0.4, -0.2) is 30.3 Å². The summed E-state index contributed by atoms with van der Waals surface area (Å²) >= 11 is 0. The van der Waals surface area contributed by atoms with Gasteiger partial charge in [0.2, 0.25) is 11.7 Å². The maximum absolute atomic E-state index is 5.47. The van der Waals surface area contributed by atoms with E-state index in [0.717, 1.165) is 12.8 Å². The van der Waals surface area contributed by atoms with Crippen LogP contribution in [0, 0.1) is 5.41 Å². The number of nitrogens with one attached hydrogen (secondary N) is 1. The zero-order valence-electron chi connectivity index (χ0n) is 12.3. The molecular formula is C13H25N3O2. The van der Waals surface area contributed by atoms with Gasteiger partial charge < -0.3 is 14.6 Å². The first-order valence-corrected chi connectivity index (χ1v) is 6.44. The number of aromatic nitrogens is 2. The minimum atomic E-state index is -0.148. The Hall–Kier alpha value is -0.940. The Balaban J connectivity index is 2.79. The Labute approximate surface area is 109 Å². The van der Waals surface area contributed by atoms with Crippen LogP contribution in [0.15, 0.2) is 4.52 Å². The fourth-order valence-electron chi connectivity index (χ4n) is 1.97. The summed E-state index contributed by atoms with van der Waals surface area (Å²) in [6.07, 6.45) is 1.63. The van der Waals surface area contributed by atoms with Gasteiger partial charge in [0, 0.05) is 19.6 Å². The van der Waals surface area contributed by atoms with Gasteiger partial charge in [0.15, 0.2) is 0 Å². The topological polar surface area (TPSA) is 60.2 Å². The van der Waals surface area contributed by atoms with E-state index in [2.05, 4.69) is 43.2 Å². The van der Waals surface area contributed by atoms with E-state index in [1.807, 2.05) is 7.05 Å². The summed E-state index contributed by atoms with van der Waals surface area (Å²) < 4.78 is 10.8. The van der Waals surface area contributed by atoms with Crippen LogP contribution in [-0.2, 0) is 11.2 Å². The van der Waals surface area contributed by atoms with Crippen molar-refractivity contribution < 1.29 is 9.26 Å². The predicted octanol–water partition coefficient (Wildman–Crippen LogP) is 2.34. The first-order valence-electron chi connectivity index (χ1n) is 6.44. The van der Waals surface area contributed by atoms with Crippen LogP contribution in [0.4, 0.5) is 0 Å². The van der Waals surface area contributed by atoms with Gasteiger partial charge in [0.05, 0.1) is 0 Å². The SMILES string of the molecule is CCC(Cc1nc(C(OC)C(C)(C)C)no1)NC. The molecule has 0 aliphatic heterocycles. The maximum atomic E-state index is 5.47. The predicted molar refractivity (Wildman–Crippen MR) is 70.3 cm³/mol. The Morgan fingerprint density at radius 3 is 2.50 bits per heavy atom. The Morgan fingerprint density at radius 2 is 2.06 bits per heavy atom. The largest absolute Gasteiger partial charge is 0.373 e. The molecule has 1 heterocycles. The quantitative estimate of drug-likeness (QED) is 0.845. The third-order valence-electron chi connectivity index (χ3n) is 3.06. The highest BCUT2D eigenvalue weighted by molar-refractivity contribution is 4.97. The van der Waals surface area contributed by atoms with Crippen LogP contribution in [0.2, 0.25) is 0 Å². The van der Waals surface area contributed by atoms with Crippen LogP contribution in [0.3, 0.4) is 0 Å². The Kier molecular flexibility index (Phi) is 5.28. The van der Waals surface area contributed by atoms with Crippen molar-refractivity contribution in [2.75, 3.05) is 14.2 Å². The molecule has 0 saturated carbocycles. The molecule has 1 aromatic rings. The van der Waals surface area contributed by atoms with Crippen molar-refractivity contribution in [1.82, 2.24) is 15.5 Å². The molecule has 0 amide bonds. The van der Waals surface area contributed by atoms with Crippen molar-refractivity contribution in [2.45, 2.75) is 52.7 Å². The van der Waals surface area contributed by atoms with E-state index >= 15 is 0 Å². The number of hydrogen-bond donors (Lipinski definition) is 1. The van der Waals surface area contributed by atoms with Gasteiger partial charge >= 0.3 is 0 Å². The lowest BCUT2D eigenvalue weighted by Crippen LogP contribution is -2.26. The molecule has 0 fully saturated rings. The number of rotatable bonds is 6. The molecule has 18 heavy (non-hydrogen) atoms. The molecule has 1 rings (SSSR count). The molecular weight excluding hydrogens is 230 g/mol. The molecule has 5 nitrogen and oxygen atoms in total. The van der Waals surface area contributed by atoms with E-state index in [9.17, 15) is 0 Å². The van der Waals surface area contributed by atoms with Crippen LogP contribution < -0.4 is 5.32 Å². The summed E-state index contributed by atoms with van der Waals surface area (Å²) in [6.45, 7) is 8.42. The van der Waals surface area contributed by atoms with E-state index in [0.29, 0.717) is 17.8 Å². The maximum Gasteiger partial charge on any atom is 0.228 e. The lowest BCUT2D eigenvalue weighted by atomic mass is 9.88. The van der Waals surface area contributed by atoms with E-state index in [1.54, 1.807) is 7.11 Å². The molecule has 1 N–H and O–H groups in total. The molecule has 5 heteroatoms. The molecule has 0 aliphatic carbocycles. The first kappa shape index (κ1) is 15.1. The van der Waals surface area contributed by atoms with Gasteiger partial charge in [-0.3, -0.25) is 0 Å². The fraction of sp³-hybridized carbons (Fsp3) is 0.846. The second kappa shape index (κ2) is 6.29. The van der Waals surface area contributed by atoms with E-state index in [-0.39, 0.29) is 11.5 Å². The molecule has 0 radical (unpaired) electrons. The van der Waals surface area contributed by atoms with Crippen molar-refractivity contribution in [3.8, 4) is 0 Å². The van der Waals surface area contributed by atoms with E-state index in [1.165, 1.54) is 0 Å². The normalized spacial score (nSPS) is 15.7. The standard InChI is InChI=1S/C13H25N3O2/c1-7-9(14-5)8-10-15-12(16-18-10)11(17-6)13(2,3)4/h9,11,14H,7-8H2,1-6H3. The first-order chi connectivity index (χ1) is 8.42. The molecule has 1 aromatic heterocycles. The zero-order valence-corrected chi connectivity index (χ0v) is 12.3. The molecule has 0 aliphatic rings. The second-order valence-corrected chi connectivity index (χ2v) is 5.63. The number of ether oxygens (including phenoxy) is 1. The molecule has 0 aromatic carbocycles. The summed E-state index contributed by atoms with van der Waals surface area (Å²) in [5.74, 6) is 1.29. The number of nitrogens with zero attached hydrogens (tertiary/aromatic N) is 2. The van der Waals surface area contributed by atoms with Crippen molar-refractivity contribution >= 4 is 0 Å². The van der Waals surface area contributed by atoms with Crippen molar-refractivity contribution in [2.24, 2.45) is 5.41 Å². The summed E-state index contributed by atoms with van der Waals surface area (Å²) in [5, 5.41) is 7.26. The van der Waals surface area contributed by atoms with Gasteiger partial charge in [-0.15, -0.1) is 0 Å². The van der Waals surface area contributed by atoms with Crippen LogP contribution in [0.5, 0.6) is 0 Å². The molecule has 2 atom stereocenters. The van der Waals surface area contributed by atoms with Crippen molar-refractivity contribution in [3.63, 3.8) is 0 Å². The number of likely N-dealkylation sites (N-methyl/N-ethyl adjacent to an activating group) is 1. The zero-order chi connectivity index (χ0) is 13.8. The highest BCUT2D eigenvalue weighted by Crippen LogP contribution is 2.33. The summed E-state index contributed by atoms with van der Waals surface area (Å²) in [5.41, 5.74) is -0.0525. The third kappa shape index (κ3) is 3.78. The van der Waals surface area contributed by atoms with E-state index in [4.69, 9.17) is 9.26 Å². The minimum absolute atomic E-state index is 0.0525. The van der Waals surface area contributed by atoms with Gasteiger partial charge in [0.1, 0.15) is 6.10 Å². The summed E-state index contributed by atoms with van der Waals surface area (Å²) in [7, 11) is 3.62. The Morgan fingerprint density at radius 1 is 1.39 bits per heavy atom. The fourth-order valence-corrected chi connectivity index (χ4v) is 1.97. The van der Waals surface area contributed by atoms with Gasteiger partial charge in [-0.25, -0.2) is 0 Å². The number of methoxy groups -OCH3 is 1. The highest BCUT2D eigenvalue weighted by atomic mass is 16.5. The third-order valence-corrected chi connectivity index (χ3v) is 3.06. The van der Waals surface area contributed by atoms with Crippen molar-refractivity contribution in [3.05, 3.63) is 11.7 Å². The van der Waals surface area contributed by atoms with Crippen LogP contribution in [0.25, 0.3) is 0 Å².